The molecule has 0 saturated carbocycles. The van der Waals surface area contributed by atoms with Crippen LogP contribution < -0.4 is 0 Å². The molecule has 0 aliphatic heterocycles. The van der Waals surface area contributed by atoms with Crippen molar-refractivity contribution in [2.24, 2.45) is 0 Å². The van der Waals surface area contributed by atoms with Gasteiger partial charge in [-0.25, -0.2) is 0 Å². The third kappa shape index (κ3) is 4.21. The quantitative estimate of drug-likeness (QED) is 0.174. The molecule has 0 aliphatic rings. The molecule has 0 radical (unpaired) electrons. The fourth-order valence-corrected chi connectivity index (χ4v) is 8.75. The Kier molecular flexibility index (Phi) is 5.85. The van der Waals surface area contributed by atoms with Crippen LogP contribution >= 0.6 is 11.3 Å². The number of hydrogen-bond donors (Lipinski definition) is 0. The lowest BCUT2D eigenvalue weighted by Crippen LogP contribution is -1.90. The van der Waals surface area contributed by atoms with Gasteiger partial charge in [-0.3, -0.25) is 0 Å². The van der Waals surface area contributed by atoms with Gasteiger partial charge in [0.2, 0.25) is 0 Å². The first-order valence-corrected chi connectivity index (χ1v) is 17.0. The van der Waals surface area contributed by atoms with E-state index in [1.54, 1.807) is 0 Å². The molecule has 10 rings (SSSR count). The molecule has 0 saturated heterocycles. The van der Waals surface area contributed by atoms with Crippen molar-refractivity contribution in [3.05, 3.63) is 170 Å². The second-order valence-electron chi connectivity index (χ2n) is 12.5. The summed E-state index contributed by atoms with van der Waals surface area (Å²) in [5, 5.41) is 12.9. The Labute approximate surface area is 276 Å². The summed E-state index contributed by atoms with van der Waals surface area (Å²) in [6, 6.07) is 62.7. The van der Waals surface area contributed by atoms with Gasteiger partial charge in [-0.1, -0.05) is 140 Å². The van der Waals surface area contributed by atoms with Gasteiger partial charge in [-0.2, -0.15) is 0 Å². The van der Waals surface area contributed by atoms with Crippen molar-refractivity contribution < 1.29 is 0 Å². The first kappa shape index (κ1) is 26.5. The first-order valence-electron chi connectivity index (χ1n) is 16.2. The van der Waals surface area contributed by atoms with Gasteiger partial charge in [0.15, 0.2) is 0 Å². The number of thiophene rings is 1. The van der Waals surface area contributed by atoms with Crippen molar-refractivity contribution >= 4 is 74.6 Å². The van der Waals surface area contributed by atoms with Gasteiger partial charge in [-0.05, 0) is 107 Å². The highest BCUT2D eigenvalue weighted by molar-refractivity contribution is 7.25. The number of fused-ring (bicyclic) bond motifs is 7. The van der Waals surface area contributed by atoms with Crippen LogP contribution in [0.5, 0.6) is 0 Å². The summed E-state index contributed by atoms with van der Waals surface area (Å²) in [4.78, 5) is 0. The van der Waals surface area contributed by atoms with Crippen LogP contribution in [0.3, 0.4) is 0 Å². The van der Waals surface area contributed by atoms with E-state index in [-0.39, 0.29) is 0 Å². The summed E-state index contributed by atoms with van der Waals surface area (Å²) in [5.41, 5.74) is 7.60. The predicted octanol–water partition coefficient (Wildman–Crippen LogP) is 13.7. The molecule has 0 aliphatic carbocycles. The molecule has 0 nitrogen and oxygen atoms in total. The molecule has 0 fully saturated rings. The molecule has 0 unspecified atom stereocenters. The monoisotopic (exact) mass is 612 g/mol. The zero-order valence-corrected chi connectivity index (χ0v) is 26.4. The standard InChI is InChI=1S/C46H28S/c1-2-10-29(11-3-1)45-38-14-6-8-16-40(38)46(41-17-9-7-15-39(41)45)36-21-20-32-24-33(18-19-34(32)25-36)35-22-23-37-42-26-30-12-4-5-13-31(30)27-44(42)47-43(37)28-35/h1-28H. The van der Waals surface area contributed by atoms with E-state index in [9.17, 15) is 0 Å². The molecular weight excluding hydrogens is 585 g/mol. The van der Waals surface area contributed by atoms with Gasteiger partial charge in [-0.15, -0.1) is 11.3 Å². The topological polar surface area (TPSA) is 0 Å². The second-order valence-corrected chi connectivity index (χ2v) is 13.6. The fourth-order valence-electron chi connectivity index (χ4n) is 7.58. The Morgan fingerprint density at radius 2 is 0.723 bits per heavy atom. The summed E-state index contributed by atoms with van der Waals surface area (Å²) in [5.74, 6) is 0. The van der Waals surface area contributed by atoms with E-state index in [2.05, 4.69) is 170 Å². The van der Waals surface area contributed by atoms with Crippen LogP contribution in [0.4, 0.5) is 0 Å². The average Bonchev–Trinajstić information content (AvgIpc) is 3.49. The predicted molar refractivity (Wildman–Crippen MR) is 206 cm³/mol. The van der Waals surface area contributed by atoms with E-state index in [0.717, 1.165) is 0 Å². The maximum absolute atomic E-state index is 2.37. The molecule has 0 amide bonds. The Hall–Kier alpha value is -5.76. The van der Waals surface area contributed by atoms with E-state index in [1.807, 2.05) is 11.3 Å². The van der Waals surface area contributed by atoms with E-state index >= 15 is 0 Å². The van der Waals surface area contributed by atoms with Crippen LogP contribution in [-0.2, 0) is 0 Å². The third-order valence-corrected chi connectivity index (χ3v) is 10.9. The van der Waals surface area contributed by atoms with Crippen molar-refractivity contribution in [1.82, 2.24) is 0 Å². The van der Waals surface area contributed by atoms with Crippen LogP contribution in [0.1, 0.15) is 0 Å². The molecule has 10 aromatic rings. The van der Waals surface area contributed by atoms with Crippen molar-refractivity contribution in [3.8, 4) is 33.4 Å². The smallest absolute Gasteiger partial charge is 0.0361 e. The van der Waals surface area contributed by atoms with Crippen molar-refractivity contribution in [3.63, 3.8) is 0 Å². The normalized spacial score (nSPS) is 11.8. The minimum Gasteiger partial charge on any atom is -0.135 e. The zero-order chi connectivity index (χ0) is 30.9. The Morgan fingerprint density at radius 3 is 1.40 bits per heavy atom. The third-order valence-electron chi connectivity index (χ3n) is 9.80. The molecule has 0 atom stereocenters. The molecular formula is C46H28S. The fraction of sp³-hybridized carbons (Fsp3) is 0. The highest BCUT2D eigenvalue weighted by atomic mass is 32.1. The lowest BCUT2D eigenvalue weighted by atomic mass is 9.85. The summed E-state index contributed by atoms with van der Waals surface area (Å²) in [6.07, 6.45) is 0. The molecule has 1 heterocycles. The molecule has 1 heteroatoms. The van der Waals surface area contributed by atoms with Crippen LogP contribution in [0, 0.1) is 0 Å². The second kappa shape index (κ2) is 10.4. The van der Waals surface area contributed by atoms with Crippen molar-refractivity contribution in [2.75, 3.05) is 0 Å². The minimum absolute atomic E-state index is 1.25. The van der Waals surface area contributed by atoms with Crippen LogP contribution in [0.15, 0.2) is 170 Å². The molecule has 0 bridgehead atoms. The summed E-state index contributed by atoms with van der Waals surface area (Å²) in [7, 11) is 0. The van der Waals surface area contributed by atoms with Gasteiger partial charge in [0.1, 0.15) is 0 Å². The summed E-state index contributed by atoms with van der Waals surface area (Å²) in [6.45, 7) is 0. The highest BCUT2D eigenvalue weighted by Crippen LogP contribution is 2.44. The number of benzene rings is 9. The van der Waals surface area contributed by atoms with E-state index in [1.165, 1.54) is 96.6 Å². The van der Waals surface area contributed by atoms with Gasteiger partial charge < -0.3 is 0 Å². The lowest BCUT2D eigenvalue weighted by molar-refractivity contribution is 1.66. The van der Waals surface area contributed by atoms with E-state index in [4.69, 9.17) is 0 Å². The summed E-state index contributed by atoms with van der Waals surface area (Å²) >= 11 is 1.89. The molecule has 47 heavy (non-hydrogen) atoms. The molecule has 9 aromatic carbocycles. The molecule has 1 aromatic heterocycles. The maximum Gasteiger partial charge on any atom is 0.0361 e. The first-order chi connectivity index (χ1) is 23.3. The van der Waals surface area contributed by atoms with E-state index in [0.29, 0.717) is 0 Å². The average molecular weight is 613 g/mol. The molecule has 218 valence electrons. The van der Waals surface area contributed by atoms with Crippen molar-refractivity contribution in [1.29, 1.82) is 0 Å². The number of rotatable bonds is 3. The lowest BCUT2D eigenvalue weighted by Gasteiger charge is -2.18. The van der Waals surface area contributed by atoms with Crippen LogP contribution in [0.25, 0.3) is 96.6 Å². The van der Waals surface area contributed by atoms with Crippen LogP contribution in [0.2, 0.25) is 0 Å². The van der Waals surface area contributed by atoms with Gasteiger partial charge >= 0.3 is 0 Å². The Balaban J connectivity index is 1.10. The largest absolute Gasteiger partial charge is 0.135 e. The van der Waals surface area contributed by atoms with Crippen LogP contribution in [-0.4, -0.2) is 0 Å². The Morgan fingerprint density at radius 1 is 0.255 bits per heavy atom. The zero-order valence-electron chi connectivity index (χ0n) is 25.6. The van der Waals surface area contributed by atoms with Gasteiger partial charge in [0, 0.05) is 20.2 Å². The maximum atomic E-state index is 2.37. The van der Waals surface area contributed by atoms with Gasteiger partial charge in [0.05, 0.1) is 0 Å². The highest BCUT2D eigenvalue weighted by Gasteiger charge is 2.17. The number of hydrogen-bond acceptors (Lipinski definition) is 1. The summed E-state index contributed by atoms with van der Waals surface area (Å²) < 4.78 is 2.68. The molecule has 0 N–H and O–H groups in total. The minimum atomic E-state index is 1.25. The SMILES string of the molecule is c1ccc(-c2c3ccccc3c(-c3ccc4cc(-c5ccc6c(c5)sc5cc7ccccc7cc56)ccc4c3)c3ccccc23)cc1. The van der Waals surface area contributed by atoms with E-state index < -0.39 is 0 Å². The Bertz CT molecular complexity index is 2780. The van der Waals surface area contributed by atoms with Gasteiger partial charge in [0.25, 0.3) is 0 Å². The van der Waals surface area contributed by atoms with Crippen molar-refractivity contribution in [2.45, 2.75) is 0 Å². The molecule has 0 spiro atoms.